The number of nitrogens with one attached hydrogen (secondary N) is 1. The van der Waals surface area contributed by atoms with E-state index in [0.29, 0.717) is 13.1 Å². The van der Waals surface area contributed by atoms with E-state index < -0.39 is 10.0 Å². The van der Waals surface area contributed by atoms with E-state index in [1.807, 2.05) is 7.05 Å². The summed E-state index contributed by atoms with van der Waals surface area (Å²) in [6.07, 6.45) is 0.834. The molecule has 0 amide bonds. The van der Waals surface area contributed by atoms with Gasteiger partial charge in [-0.15, -0.1) is 12.4 Å². The minimum Gasteiger partial charge on any atom is -0.316 e. The summed E-state index contributed by atoms with van der Waals surface area (Å²) in [6, 6.07) is 6.78. The molecule has 0 saturated carbocycles. The van der Waals surface area contributed by atoms with E-state index in [2.05, 4.69) is 5.32 Å². The molecule has 1 N–H and O–H groups in total. The summed E-state index contributed by atoms with van der Waals surface area (Å²) in [5, 5.41) is 3.37. The Labute approximate surface area is 119 Å². The van der Waals surface area contributed by atoms with Crippen LogP contribution in [0.25, 0.3) is 0 Å². The van der Waals surface area contributed by atoms with Crippen molar-refractivity contribution in [3.8, 4) is 0 Å². The van der Waals surface area contributed by atoms with E-state index >= 15 is 0 Å². The summed E-state index contributed by atoms with van der Waals surface area (Å²) in [7, 11) is -1.61. The second kappa shape index (κ2) is 6.21. The number of sulfonamides is 1. The number of rotatable bonds is 3. The number of nitrogens with zero attached hydrogens (tertiary/aromatic N) is 1. The van der Waals surface area contributed by atoms with Gasteiger partial charge in [0.1, 0.15) is 4.90 Å². The van der Waals surface area contributed by atoms with E-state index in [9.17, 15) is 8.42 Å². The smallest absolute Gasteiger partial charge is 0.244 e. The fourth-order valence-corrected chi connectivity index (χ4v) is 3.97. The van der Waals surface area contributed by atoms with Gasteiger partial charge in [0.05, 0.1) is 5.02 Å². The molecular formula is C11H16Cl2N2O2S. The monoisotopic (exact) mass is 310 g/mol. The average molecular weight is 311 g/mol. The van der Waals surface area contributed by atoms with Crippen LogP contribution in [-0.4, -0.2) is 38.9 Å². The molecule has 0 radical (unpaired) electrons. The van der Waals surface area contributed by atoms with Crippen LogP contribution in [0.4, 0.5) is 0 Å². The van der Waals surface area contributed by atoms with Gasteiger partial charge in [-0.05, 0) is 25.6 Å². The first-order valence-corrected chi connectivity index (χ1v) is 7.29. The Morgan fingerprint density at radius 2 is 2.06 bits per heavy atom. The lowest BCUT2D eigenvalue weighted by Crippen LogP contribution is -2.33. The minimum absolute atomic E-state index is 0. The maximum atomic E-state index is 12.3. The predicted molar refractivity (Wildman–Crippen MR) is 74.9 cm³/mol. The van der Waals surface area contributed by atoms with Crippen LogP contribution >= 0.6 is 24.0 Å². The van der Waals surface area contributed by atoms with Crippen molar-refractivity contribution in [3.63, 3.8) is 0 Å². The third kappa shape index (κ3) is 2.97. The molecule has 2 rings (SSSR count). The molecule has 1 unspecified atom stereocenters. The highest BCUT2D eigenvalue weighted by Crippen LogP contribution is 2.26. The highest BCUT2D eigenvalue weighted by molar-refractivity contribution is 7.89. The van der Waals surface area contributed by atoms with Crippen molar-refractivity contribution in [1.29, 1.82) is 0 Å². The highest BCUT2D eigenvalue weighted by Gasteiger charge is 2.32. The minimum atomic E-state index is -3.45. The van der Waals surface area contributed by atoms with E-state index in [1.165, 1.54) is 4.31 Å². The van der Waals surface area contributed by atoms with Crippen LogP contribution in [0, 0.1) is 0 Å². The van der Waals surface area contributed by atoms with Crippen molar-refractivity contribution in [2.24, 2.45) is 0 Å². The van der Waals surface area contributed by atoms with Gasteiger partial charge in [-0.2, -0.15) is 4.31 Å². The lowest BCUT2D eigenvalue weighted by molar-refractivity contribution is 0.464. The molecule has 4 nitrogen and oxygen atoms in total. The van der Waals surface area contributed by atoms with Crippen molar-refractivity contribution >= 4 is 34.0 Å². The molecule has 1 aliphatic rings. The van der Waals surface area contributed by atoms with Gasteiger partial charge < -0.3 is 5.32 Å². The van der Waals surface area contributed by atoms with Gasteiger partial charge in [-0.1, -0.05) is 23.7 Å². The predicted octanol–water partition coefficient (Wildman–Crippen LogP) is 1.74. The molecule has 1 heterocycles. The number of hydrogen-bond acceptors (Lipinski definition) is 3. The Bertz CT molecular complexity index is 508. The summed E-state index contributed by atoms with van der Waals surface area (Å²) in [5.74, 6) is 0. The SMILES string of the molecule is CNC1CCN(S(=O)(=O)c2ccccc2Cl)C1.Cl. The van der Waals surface area contributed by atoms with Crippen molar-refractivity contribution in [2.45, 2.75) is 17.4 Å². The van der Waals surface area contributed by atoms with E-state index in [1.54, 1.807) is 24.3 Å². The van der Waals surface area contributed by atoms with Gasteiger partial charge >= 0.3 is 0 Å². The van der Waals surface area contributed by atoms with Crippen LogP contribution in [0.1, 0.15) is 6.42 Å². The van der Waals surface area contributed by atoms with Crippen molar-refractivity contribution < 1.29 is 8.42 Å². The summed E-state index contributed by atoms with van der Waals surface area (Å²) >= 11 is 5.94. The molecule has 1 atom stereocenters. The van der Waals surface area contributed by atoms with E-state index in [4.69, 9.17) is 11.6 Å². The lowest BCUT2D eigenvalue weighted by Gasteiger charge is -2.17. The van der Waals surface area contributed by atoms with Crippen LogP contribution in [0.15, 0.2) is 29.2 Å². The molecule has 0 spiro atoms. The summed E-state index contributed by atoms with van der Waals surface area (Å²) in [5.41, 5.74) is 0. The number of halogens is 2. The molecule has 7 heteroatoms. The second-order valence-corrected chi connectivity index (χ2v) is 6.38. The molecular weight excluding hydrogens is 295 g/mol. The van der Waals surface area contributed by atoms with E-state index in [-0.39, 0.29) is 28.4 Å². The first-order chi connectivity index (χ1) is 8.05. The van der Waals surface area contributed by atoms with Gasteiger partial charge in [-0.25, -0.2) is 8.42 Å². The first kappa shape index (κ1) is 15.7. The zero-order valence-corrected chi connectivity index (χ0v) is 12.4. The largest absolute Gasteiger partial charge is 0.316 e. The van der Waals surface area contributed by atoms with Gasteiger partial charge in [0.2, 0.25) is 10.0 Å². The van der Waals surface area contributed by atoms with Crippen molar-refractivity contribution in [1.82, 2.24) is 9.62 Å². The Kier molecular flexibility index (Phi) is 5.43. The molecule has 102 valence electrons. The molecule has 0 aromatic heterocycles. The van der Waals surface area contributed by atoms with Gasteiger partial charge in [0.15, 0.2) is 0 Å². The molecule has 1 aromatic carbocycles. The quantitative estimate of drug-likeness (QED) is 0.925. The van der Waals surface area contributed by atoms with E-state index in [0.717, 1.165) is 6.42 Å². The number of likely N-dealkylation sites (N-methyl/N-ethyl adjacent to an activating group) is 1. The number of benzene rings is 1. The first-order valence-electron chi connectivity index (χ1n) is 5.47. The zero-order chi connectivity index (χ0) is 12.5. The fourth-order valence-electron chi connectivity index (χ4n) is 1.98. The zero-order valence-electron chi connectivity index (χ0n) is 9.97. The van der Waals surface area contributed by atoms with Crippen LogP contribution in [-0.2, 0) is 10.0 Å². The Balaban J connectivity index is 0.00000162. The second-order valence-electron chi connectivity index (χ2n) is 4.07. The molecule has 1 aliphatic heterocycles. The lowest BCUT2D eigenvalue weighted by atomic mass is 10.3. The molecule has 18 heavy (non-hydrogen) atoms. The summed E-state index contributed by atoms with van der Waals surface area (Å²) in [6.45, 7) is 1.04. The molecule has 1 aromatic rings. The average Bonchev–Trinajstić information content (AvgIpc) is 2.78. The fraction of sp³-hybridized carbons (Fsp3) is 0.455. The Hall–Kier alpha value is -0.330. The van der Waals surface area contributed by atoms with Gasteiger partial charge in [0, 0.05) is 19.1 Å². The third-order valence-electron chi connectivity index (χ3n) is 3.01. The summed E-state index contributed by atoms with van der Waals surface area (Å²) < 4.78 is 26.1. The van der Waals surface area contributed by atoms with Crippen LogP contribution in [0.3, 0.4) is 0 Å². The van der Waals surface area contributed by atoms with Gasteiger partial charge in [-0.3, -0.25) is 0 Å². The Morgan fingerprint density at radius 1 is 1.39 bits per heavy atom. The maximum absolute atomic E-state index is 12.3. The molecule has 0 bridgehead atoms. The molecule has 1 saturated heterocycles. The van der Waals surface area contributed by atoms with Crippen LogP contribution in [0.2, 0.25) is 5.02 Å². The van der Waals surface area contributed by atoms with Crippen LogP contribution < -0.4 is 5.32 Å². The molecule has 0 aliphatic carbocycles. The Morgan fingerprint density at radius 3 is 2.61 bits per heavy atom. The normalized spacial score (nSPS) is 20.7. The summed E-state index contributed by atoms with van der Waals surface area (Å²) in [4.78, 5) is 0.193. The van der Waals surface area contributed by atoms with Crippen LogP contribution in [0.5, 0.6) is 0 Å². The maximum Gasteiger partial charge on any atom is 0.244 e. The molecule has 1 fully saturated rings. The highest BCUT2D eigenvalue weighted by atomic mass is 35.5. The van der Waals surface area contributed by atoms with Crippen molar-refractivity contribution in [3.05, 3.63) is 29.3 Å². The van der Waals surface area contributed by atoms with Crippen molar-refractivity contribution in [2.75, 3.05) is 20.1 Å². The third-order valence-corrected chi connectivity index (χ3v) is 5.38. The standard InChI is InChI=1S/C11H15ClN2O2S.ClH/c1-13-9-6-7-14(8-9)17(15,16)11-5-3-2-4-10(11)12;/h2-5,9,13H,6-8H2,1H3;1H. The topological polar surface area (TPSA) is 49.4 Å². The van der Waals surface area contributed by atoms with Gasteiger partial charge in [0.25, 0.3) is 0 Å². The number of hydrogen-bond donors (Lipinski definition) is 1.